The quantitative estimate of drug-likeness (QED) is 0.812. The van der Waals surface area contributed by atoms with E-state index < -0.39 is 11.5 Å². The number of carbonyl (C=O) groups excluding carboxylic acids is 1. The molecule has 0 aromatic carbocycles. The molecule has 1 aliphatic rings. The molecule has 2 rings (SSSR count). The minimum atomic E-state index is -0.732. The van der Waals surface area contributed by atoms with Crippen LogP contribution in [-0.2, 0) is 4.79 Å². The first-order valence-corrected chi connectivity index (χ1v) is 5.38. The average molecular weight is 208 g/mol. The van der Waals surface area contributed by atoms with Crippen molar-refractivity contribution in [2.24, 2.45) is 5.41 Å². The molecular weight excluding hydrogens is 192 g/mol. The molecule has 0 saturated heterocycles. The number of rotatable bonds is 2. The van der Waals surface area contributed by atoms with Crippen LogP contribution in [0.3, 0.4) is 0 Å². The van der Waals surface area contributed by atoms with E-state index in [-0.39, 0.29) is 5.78 Å². The van der Waals surface area contributed by atoms with Crippen LogP contribution in [0.5, 0.6) is 0 Å². The van der Waals surface area contributed by atoms with Crippen molar-refractivity contribution in [3.63, 3.8) is 0 Å². The van der Waals surface area contributed by atoms with Gasteiger partial charge in [-0.3, -0.25) is 4.79 Å². The molecule has 2 atom stereocenters. The van der Waals surface area contributed by atoms with Crippen molar-refractivity contribution < 1.29 is 14.3 Å². The highest BCUT2D eigenvalue weighted by Crippen LogP contribution is 2.43. The number of hydrogen-bond acceptors (Lipinski definition) is 3. The minimum Gasteiger partial charge on any atom is -0.472 e. The fourth-order valence-corrected chi connectivity index (χ4v) is 2.29. The molecule has 0 amide bonds. The van der Waals surface area contributed by atoms with Crippen molar-refractivity contribution in [2.75, 3.05) is 0 Å². The number of aliphatic hydroxyl groups is 1. The van der Waals surface area contributed by atoms with Crippen molar-refractivity contribution >= 4 is 5.78 Å². The van der Waals surface area contributed by atoms with E-state index in [1.807, 2.05) is 6.92 Å². The van der Waals surface area contributed by atoms with Gasteiger partial charge in [-0.2, -0.15) is 0 Å². The summed E-state index contributed by atoms with van der Waals surface area (Å²) < 4.78 is 4.94. The fourth-order valence-electron chi connectivity index (χ4n) is 2.29. The number of carbonyl (C=O) groups is 1. The van der Waals surface area contributed by atoms with Gasteiger partial charge in [0.1, 0.15) is 5.78 Å². The van der Waals surface area contributed by atoms with Gasteiger partial charge in [-0.25, -0.2) is 0 Å². The normalized spacial score (nSPS) is 29.1. The number of hydrogen-bond donors (Lipinski definition) is 1. The molecule has 0 radical (unpaired) electrons. The third kappa shape index (κ3) is 1.72. The third-order valence-electron chi connectivity index (χ3n) is 3.45. The van der Waals surface area contributed by atoms with Crippen molar-refractivity contribution in [3.8, 4) is 0 Å². The number of ketones is 1. The van der Waals surface area contributed by atoms with Crippen molar-refractivity contribution in [3.05, 3.63) is 24.2 Å². The number of aliphatic hydroxyl groups excluding tert-OH is 1. The van der Waals surface area contributed by atoms with Crippen LogP contribution < -0.4 is 0 Å². The Bertz CT molecular complexity index is 342. The molecule has 0 bridgehead atoms. The van der Waals surface area contributed by atoms with E-state index in [0.29, 0.717) is 12.0 Å². The number of Topliss-reactive ketones (excluding diaryl/α,β-unsaturated/α-hetero) is 1. The van der Waals surface area contributed by atoms with Gasteiger partial charge in [0.25, 0.3) is 0 Å². The second-order valence-corrected chi connectivity index (χ2v) is 4.51. The molecule has 1 N–H and O–H groups in total. The second kappa shape index (κ2) is 3.81. The first-order valence-electron chi connectivity index (χ1n) is 5.38. The van der Waals surface area contributed by atoms with Gasteiger partial charge in [0.05, 0.1) is 24.0 Å². The number of furan rings is 1. The Morgan fingerprint density at radius 2 is 2.33 bits per heavy atom. The Balaban J connectivity index is 2.24. The van der Waals surface area contributed by atoms with Gasteiger partial charge in [0, 0.05) is 12.0 Å². The topological polar surface area (TPSA) is 50.4 Å². The van der Waals surface area contributed by atoms with Crippen molar-refractivity contribution in [1.82, 2.24) is 0 Å². The molecule has 1 aromatic rings. The zero-order valence-corrected chi connectivity index (χ0v) is 8.90. The lowest BCUT2D eigenvalue weighted by Crippen LogP contribution is -2.37. The van der Waals surface area contributed by atoms with Crippen LogP contribution in [0.15, 0.2) is 23.0 Å². The van der Waals surface area contributed by atoms with Gasteiger partial charge < -0.3 is 9.52 Å². The van der Waals surface area contributed by atoms with Crippen LogP contribution in [0.2, 0.25) is 0 Å². The van der Waals surface area contributed by atoms with E-state index in [9.17, 15) is 9.90 Å². The van der Waals surface area contributed by atoms with Crippen LogP contribution in [0, 0.1) is 5.41 Å². The van der Waals surface area contributed by atoms with Crippen LogP contribution in [0.1, 0.15) is 44.3 Å². The zero-order chi connectivity index (χ0) is 10.9. The molecule has 0 aliphatic heterocycles. The lowest BCUT2D eigenvalue weighted by Gasteiger charge is -2.35. The highest BCUT2D eigenvalue weighted by Gasteiger charge is 2.42. The predicted molar refractivity (Wildman–Crippen MR) is 55.2 cm³/mol. The van der Waals surface area contributed by atoms with E-state index in [1.54, 1.807) is 6.07 Å². The Labute approximate surface area is 89.1 Å². The predicted octanol–water partition coefficient (Wildman–Crippen LogP) is 2.46. The van der Waals surface area contributed by atoms with E-state index in [2.05, 4.69) is 0 Å². The molecule has 1 aromatic heterocycles. The molecule has 3 heteroatoms. The molecule has 3 nitrogen and oxygen atoms in total. The summed E-state index contributed by atoms with van der Waals surface area (Å²) in [6.07, 6.45) is 5.62. The largest absolute Gasteiger partial charge is 0.472 e. The van der Waals surface area contributed by atoms with E-state index in [4.69, 9.17) is 4.42 Å². The monoisotopic (exact) mass is 208 g/mol. The molecule has 1 aliphatic carbocycles. The Morgan fingerprint density at radius 3 is 2.93 bits per heavy atom. The SMILES string of the molecule is C[C@@]1([C@@H](O)c2ccoc2)CCCCC1=O. The maximum Gasteiger partial charge on any atom is 0.141 e. The summed E-state index contributed by atoms with van der Waals surface area (Å²) in [5.41, 5.74) is 0.0787. The minimum absolute atomic E-state index is 0.169. The standard InChI is InChI=1S/C12H16O3/c1-12(6-3-2-4-10(12)13)11(14)9-5-7-15-8-9/h5,7-8,11,14H,2-4,6H2,1H3/t11-,12+/m0/s1. The zero-order valence-electron chi connectivity index (χ0n) is 8.90. The molecule has 0 spiro atoms. The highest BCUT2D eigenvalue weighted by molar-refractivity contribution is 5.85. The smallest absolute Gasteiger partial charge is 0.141 e. The summed E-state index contributed by atoms with van der Waals surface area (Å²) >= 11 is 0. The van der Waals surface area contributed by atoms with Gasteiger partial charge in [-0.05, 0) is 25.8 Å². The lowest BCUT2D eigenvalue weighted by atomic mass is 9.69. The van der Waals surface area contributed by atoms with Gasteiger partial charge in [0.15, 0.2) is 0 Å². The third-order valence-corrected chi connectivity index (χ3v) is 3.45. The molecule has 1 saturated carbocycles. The highest BCUT2D eigenvalue weighted by atomic mass is 16.3. The van der Waals surface area contributed by atoms with Crippen LogP contribution >= 0.6 is 0 Å². The molecule has 1 fully saturated rings. The Morgan fingerprint density at radius 1 is 1.53 bits per heavy atom. The van der Waals surface area contributed by atoms with Gasteiger partial charge in [-0.15, -0.1) is 0 Å². The maximum absolute atomic E-state index is 11.9. The van der Waals surface area contributed by atoms with E-state index in [1.165, 1.54) is 12.5 Å². The maximum atomic E-state index is 11.9. The first kappa shape index (κ1) is 10.4. The fraction of sp³-hybridized carbons (Fsp3) is 0.583. The Kier molecular flexibility index (Phi) is 2.65. The summed E-state index contributed by atoms with van der Waals surface area (Å²) in [7, 11) is 0. The summed E-state index contributed by atoms with van der Waals surface area (Å²) in [5.74, 6) is 0.169. The van der Waals surface area contributed by atoms with Crippen LogP contribution in [0.4, 0.5) is 0 Å². The molecule has 82 valence electrons. The average Bonchev–Trinajstić information content (AvgIpc) is 2.74. The second-order valence-electron chi connectivity index (χ2n) is 4.51. The summed E-state index contributed by atoms with van der Waals surface area (Å²) in [6.45, 7) is 1.85. The Hall–Kier alpha value is -1.09. The van der Waals surface area contributed by atoms with Gasteiger partial charge in [-0.1, -0.05) is 6.42 Å². The van der Waals surface area contributed by atoms with Crippen LogP contribution in [-0.4, -0.2) is 10.9 Å². The van der Waals surface area contributed by atoms with Gasteiger partial charge >= 0.3 is 0 Å². The van der Waals surface area contributed by atoms with Crippen LogP contribution in [0.25, 0.3) is 0 Å². The molecule has 15 heavy (non-hydrogen) atoms. The summed E-state index contributed by atoms with van der Waals surface area (Å²) in [4.78, 5) is 11.9. The van der Waals surface area contributed by atoms with E-state index in [0.717, 1.165) is 19.3 Å². The summed E-state index contributed by atoms with van der Waals surface area (Å²) in [5, 5.41) is 10.2. The van der Waals surface area contributed by atoms with Gasteiger partial charge in [0.2, 0.25) is 0 Å². The first-order chi connectivity index (χ1) is 7.14. The van der Waals surface area contributed by atoms with Crippen molar-refractivity contribution in [2.45, 2.75) is 38.7 Å². The molecule has 1 heterocycles. The van der Waals surface area contributed by atoms with Crippen molar-refractivity contribution in [1.29, 1.82) is 0 Å². The summed E-state index contributed by atoms with van der Waals surface area (Å²) in [6, 6.07) is 1.72. The molecule has 0 unspecified atom stereocenters. The lowest BCUT2D eigenvalue weighted by molar-refractivity contribution is -0.138. The molecular formula is C12H16O3. The van der Waals surface area contributed by atoms with E-state index >= 15 is 0 Å².